The number of anilines is 2. The predicted octanol–water partition coefficient (Wildman–Crippen LogP) is 2.24. The molecule has 0 saturated carbocycles. The molecular formula is C12H18N2O. The van der Waals surface area contributed by atoms with Gasteiger partial charge in [-0.05, 0) is 31.0 Å². The van der Waals surface area contributed by atoms with Gasteiger partial charge < -0.3 is 15.4 Å². The van der Waals surface area contributed by atoms with E-state index in [2.05, 4.69) is 35.8 Å². The zero-order chi connectivity index (χ0) is 10.7. The van der Waals surface area contributed by atoms with Crippen molar-refractivity contribution in [2.45, 2.75) is 19.4 Å². The Kier molecular flexibility index (Phi) is 3.11. The minimum Gasteiger partial charge on any atom is -0.385 e. The van der Waals surface area contributed by atoms with Crippen molar-refractivity contribution < 1.29 is 4.74 Å². The molecule has 0 bridgehead atoms. The fraction of sp³-hybridized carbons (Fsp3) is 0.500. The van der Waals surface area contributed by atoms with Crippen molar-refractivity contribution in [1.29, 1.82) is 0 Å². The van der Waals surface area contributed by atoms with Gasteiger partial charge in [-0.1, -0.05) is 6.07 Å². The van der Waals surface area contributed by atoms with E-state index in [0.717, 1.165) is 19.6 Å². The number of hydrogen-bond donors (Lipinski definition) is 2. The molecule has 1 aliphatic heterocycles. The van der Waals surface area contributed by atoms with Crippen LogP contribution in [0.4, 0.5) is 11.4 Å². The monoisotopic (exact) mass is 206 g/mol. The largest absolute Gasteiger partial charge is 0.385 e. The lowest BCUT2D eigenvalue weighted by atomic mass is 10.1. The standard InChI is InChI=1S/C12H18N2O/c1-9-3-4-11-12(7-9)13-8-10(14-11)5-6-15-2/h3-4,7,10,13-14H,5-6,8H2,1-2H3. The molecule has 1 aliphatic rings. The normalized spacial score (nSPS) is 18.9. The zero-order valence-corrected chi connectivity index (χ0v) is 9.34. The van der Waals surface area contributed by atoms with Crippen LogP contribution in [-0.4, -0.2) is 26.3 Å². The molecule has 2 rings (SSSR count). The number of nitrogens with one attached hydrogen (secondary N) is 2. The molecule has 1 aromatic carbocycles. The van der Waals surface area contributed by atoms with Gasteiger partial charge in [0, 0.05) is 26.3 Å². The van der Waals surface area contributed by atoms with Crippen LogP contribution in [-0.2, 0) is 4.74 Å². The second-order valence-corrected chi connectivity index (χ2v) is 4.05. The van der Waals surface area contributed by atoms with Gasteiger partial charge in [0.15, 0.2) is 0 Å². The van der Waals surface area contributed by atoms with Gasteiger partial charge in [0.2, 0.25) is 0 Å². The Morgan fingerprint density at radius 1 is 1.40 bits per heavy atom. The lowest BCUT2D eigenvalue weighted by Crippen LogP contribution is -2.33. The quantitative estimate of drug-likeness (QED) is 0.795. The highest BCUT2D eigenvalue weighted by atomic mass is 16.5. The third kappa shape index (κ3) is 2.42. The minimum atomic E-state index is 0.472. The first-order valence-corrected chi connectivity index (χ1v) is 5.39. The molecule has 15 heavy (non-hydrogen) atoms. The molecule has 3 nitrogen and oxygen atoms in total. The lowest BCUT2D eigenvalue weighted by Gasteiger charge is -2.28. The van der Waals surface area contributed by atoms with E-state index >= 15 is 0 Å². The van der Waals surface area contributed by atoms with Crippen molar-refractivity contribution in [1.82, 2.24) is 0 Å². The van der Waals surface area contributed by atoms with Gasteiger partial charge in [0.1, 0.15) is 0 Å². The molecule has 1 atom stereocenters. The van der Waals surface area contributed by atoms with Crippen LogP contribution in [0.25, 0.3) is 0 Å². The van der Waals surface area contributed by atoms with Gasteiger partial charge >= 0.3 is 0 Å². The highest BCUT2D eigenvalue weighted by Gasteiger charge is 2.16. The molecule has 2 N–H and O–H groups in total. The third-order valence-electron chi connectivity index (χ3n) is 2.74. The van der Waals surface area contributed by atoms with Gasteiger partial charge in [0.25, 0.3) is 0 Å². The highest BCUT2D eigenvalue weighted by Crippen LogP contribution is 2.27. The molecule has 0 fully saturated rings. The number of ether oxygens (including phenoxy) is 1. The van der Waals surface area contributed by atoms with Crippen LogP contribution in [0.15, 0.2) is 18.2 Å². The van der Waals surface area contributed by atoms with Crippen molar-refractivity contribution in [2.75, 3.05) is 30.9 Å². The summed E-state index contributed by atoms with van der Waals surface area (Å²) in [5.74, 6) is 0. The van der Waals surface area contributed by atoms with Crippen LogP contribution in [0.3, 0.4) is 0 Å². The summed E-state index contributed by atoms with van der Waals surface area (Å²) in [5.41, 5.74) is 3.70. The molecule has 0 aromatic heterocycles. The Hall–Kier alpha value is -1.22. The number of hydrogen-bond acceptors (Lipinski definition) is 3. The van der Waals surface area contributed by atoms with Gasteiger partial charge in [-0.3, -0.25) is 0 Å². The molecule has 0 amide bonds. The zero-order valence-electron chi connectivity index (χ0n) is 9.34. The first-order valence-electron chi connectivity index (χ1n) is 5.39. The summed E-state index contributed by atoms with van der Waals surface area (Å²) in [5, 5.41) is 6.96. The number of benzene rings is 1. The Bertz CT molecular complexity index is 338. The molecule has 0 aliphatic carbocycles. The second kappa shape index (κ2) is 4.53. The summed E-state index contributed by atoms with van der Waals surface area (Å²) >= 11 is 0. The molecule has 3 heteroatoms. The van der Waals surface area contributed by atoms with Crippen LogP contribution in [0, 0.1) is 6.92 Å². The second-order valence-electron chi connectivity index (χ2n) is 4.05. The Balaban J connectivity index is 2.03. The van der Waals surface area contributed by atoms with Crippen molar-refractivity contribution >= 4 is 11.4 Å². The van der Waals surface area contributed by atoms with Crippen molar-refractivity contribution in [2.24, 2.45) is 0 Å². The smallest absolute Gasteiger partial charge is 0.0579 e. The number of aryl methyl sites for hydroxylation is 1. The first-order chi connectivity index (χ1) is 7.29. The summed E-state index contributed by atoms with van der Waals surface area (Å²) < 4.78 is 5.08. The fourth-order valence-corrected chi connectivity index (χ4v) is 1.87. The lowest BCUT2D eigenvalue weighted by molar-refractivity contribution is 0.190. The van der Waals surface area contributed by atoms with Crippen molar-refractivity contribution in [3.63, 3.8) is 0 Å². The maximum Gasteiger partial charge on any atom is 0.0579 e. The van der Waals surface area contributed by atoms with Gasteiger partial charge in [-0.25, -0.2) is 0 Å². The molecule has 0 saturated heterocycles. The summed E-state index contributed by atoms with van der Waals surface area (Å²) in [6.07, 6.45) is 1.04. The highest BCUT2D eigenvalue weighted by molar-refractivity contribution is 5.72. The Morgan fingerprint density at radius 2 is 2.27 bits per heavy atom. The molecule has 0 radical (unpaired) electrons. The van der Waals surface area contributed by atoms with E-state index in [1.165, 1.54) is 16.9 Å². The predicted molar refractivity (Wildman–Crippen MR) is 63.6 cm³/mol. The van der Waals surface area contributed by atoms with E-state index in [1.54, 1.807) is 7.11 Å². The van der Waals surface area contributed by atoms with Crippen LogP contribution in [0.2, 0.25) is 0 Å². The average molecular weight is 206 g/mol. The minimum absolute atomic E-state index is 0.472. The first kappa shape index (κ1) is 10.3. The maximum absolute atomic E-state index is 5.08. The van der Waals surface area contributed by atoms with E-state index in [4.69, 9.17) is 4.74 Å². The van der Waals surface area contributed by atoms with E-state index in [9.17, 15) is 0 Å². The van der Waals surface area contributed by atoms with Crippen LogP contribution in [0.5, 0.6) is 0 Å². The van der Waals surface area contributed by atoms with Crippen LogP contribution >= 0.6 is 0 Å². The SMILES string of the molecule is COCCC1CNc2cc(C)ccc2N1. The van der Waals surface area contributed by atoms with Crippen molar-refractivity contribution in [3.8, 4) is 0 Å². The summed E-state index contributed by atoms with van der Waals surface area (Å²) in [6, 6.07) is 6.91. The van der Waals surface area contributed by atoms with E-state index in [1.807, 2.05) is 0 Å². The Labute approximate surface area is 90.8 Å². The number of methoxy groups -OCH3 is 1. The number of rotatable bonds is 3. The van der Waals surface area contributed by atoms with Crippen LogP contribution in [0.1, 0.15) is 12.0 Å². The topological polar surface area (TPSA) is 33.3 Å². The molecule has 1 heterocycles. The summed E-state index contributed by atoms with van der Waals surface area (Å²) in [4.78, 5) is 0. The van der Waals surface area contributed by atoms with E-state index < -0.39 is 0 Å². The molecule has 1 unspecified atom stereocenters. The summed E-state index contributed by atoms with van der Waals surface area (Å²) in [7, 11) is 1.74. The molecular weight excluding hydrogens is 188 g/mol. The summed E-state index contributed by atoms with van der Waals surface area (Å²) in [6.45, 7) is 3.89. The third-order valence-corrected chi connectivity index (χ3v) is 2.74. The number of fused-ring (bicyclic) bond motifs is 1. The maximum atomic E-state index is 5.08. The van der Waals surface area contributed by atoms with Gasteiger partial charge in [-0.2, -0.15) is 0 Å². The average Bonchev–Trinajstić information content (AvgIpc) is 2.26. The molecule has 0 spiro atoms. The molecule has 1 aromatic rings. The van der Waals surface area contributed by atoms with Gasteiger partial charge in [-0.15, -0.1) is 0 Å². The molecule has 82 valence electrons. The fourth-order valence-electron chi connectivity index (χ4n) is 1.87. The van der Waals surface area contributed by atoms with E-state index in [0.29, 0.717) is 6.04 Å². The van der Waals surface area contributed by atoms with Crippen LogP contribution < -0.4 is 10.6 Å². The van der Waals surface area contributed by atoms with E-state index in [-0.39, 0.29) is 0 Å². The van der Waals surface area contributed by atoms with Gasteiger partial charge in [0.05, 0.1) is 11.4 Å². The Morgan fingerprint density at radius 3 is 3.07 bits per heavy atom. The van der Waals surface area contributed by atoms with Crippen molar-refractivity contribution in [3.05, 3.63) is 23.8 Å².